The molecule has 2 N–H and O–H groups in total. The largest absolute Gasteiger partial charge is 0.496 e. The molecule has 1 fully saturated rings. The highest BCUT2D eigenvalue weighted by atomic mass is 127. The number of fused-ring (bicyclic) bond motifs is 15. The van der Waals surface area contributed by atoms with Crippen molar-refractivity contribution in [2.75, 3.05) is 0 Å². The fraction of sp³-hybridized carbons (Fsp3) is 0.0500. The van der Waals surface area contributed by atoms with Crippen molar-refractivity contribution in [1.82, 2.24) is 9.13 Å². The summed E-state index contributed by atoms with van der Waals surface area (Å²) in [6.45, 7) is 8.41. The Morgan fingerprint density at radius 1 is 0.254 bits per heavy atom. The molecule has 1 aliphatic rings. The Morgan fingerprint density at radius 3 is 0.978 bits per heavy atom. The van der Waals surface area contributed by atoms with Gasteiger partial charge in [0.05, 0.1) is 39.0 Å². The van der Waals surface area contributed by atoms with Crippen molar-refractivity contribution in [2.45, 2.75) is 38.9 Å². The van der Waals surface area contributed by atoms with Crippen LogP contribution in [0.2, 0.25) is 0 Å². The second-order valence-corrected chi connectivity index (χ2v) is 37.4. The van der Waals surface area contributed by atoms with Crippen molar-refractivity contribution in [3.63, 3.8) is 0 Å². The van der Waals surface area contributed by atoms with Crippen molar-refractivity contribution >= 4 is 189 Å². The minimum Gasteiger partial charge on any atom is -0.456 e. The molecular weight excluding hydrogens is 1890 g/mol. The van der Waals surface area contributed by atoms with Crippen LogP contribution in [-0.4, -0.2) is 44.6 Å². The van der Waals surface area contributed by atoms with Gasteiger partial charge in [0.1, 0.15) is 33.5 Å². The van der Waals surface area contributed by atoms with E-state index in [1.807, 2.05) is 91.0 Å². The van der Waals surface area contributed by atoms with Crippen LogP contribution >= 0.6 is 54.5 Å². The van der Waals surface area contributed by atoms with Gasteiger partial charge in [0.25, 0.3) is 0 Å². The zero-order chi connectivity index (χ0) is 91.1. The second kappa shape index (κ2) is 37.1. The number of furan rings is 3. The van der Waals surface area contributed by atoms with Crippen LogP contribution in [0.4, 0.5) is 0 Å². The summed E-state index contributed by atoms with van der Waals surface area (Å²) < 4.78 is 39.3. The Morgan fingerprint density at radius 2 is 0.567 bits per heavy atom. The van der Waals surface area contributed by atoms with Crippen molar-refractivity contribution < 1.29 is 32.6 Å². The summed E-state index contributed by atoms with van der Waals surface area (Å²) in [4.78, 5) is 0. The van der Waals surface area contributed by atoms with Crippen LogP contribution in [0.3, 0.4) is 0 Å². The number of hydrogen-bond donors (Lipinski definition) is 2. The highest BCUT2D eigenvalue weighted by Crippen LogP contribution is 2.46. The van der Waals surface area contributed by atoms with Gasteiger partial charge in [0.2, 0.25) is 0 Å². The molecule has 25 rings (SSSR count). The van der Waals surface area contributed by atoms with Crippen LogP contribution in [0, 0.1) is 3.57 Å². The molecule has 646 valence electrons. The monoisotopic (exact) mass is 1970 g/mol. The predicted octanol–water partition coefficient (Wildman–Crippen LogP) is 32.1. The summed E-state index contributed by atoms with van der Waals surface area (Å²) in [5.41, 5.74) is 29.3. The lowest BCUT2D eigenvalue weighted by atomic mass is 9.77. The second-order valence-electron chi connectivity index (χ2n) is 34.5. The Balaban J connectivity index is 0.000000113. The predicted molar refractivity (Wildman–Crippen MR) is 574 cm³/mol. The van der Waals surface area contributed by atoms with Crippen LogP contribution in [0.1, 0.15) is 27.7 Å². The summed E-state index contributed by atoms with van der Waals surface area (Å²) in [6, 6.07) is 155. The minimum absolute atomic E-state index is 0.416. The average Bonchev–Trinajstić information content (AvgIpc) is 1.57. The summed E-state index contributed by atoms with van der Waals surface area (Å²) in [5, 5.41) is 29.7. The number of halogens is 3. The summed E-state index contributed by atoms with van der Waals surface area (Å²) in [5.74, 6) is 0. The molecule has 19 aromatic carbocycles. The highest BCUT2D eigenvalue weighted by molar-refractivity contribution is 14.1. The number of rotatable bonds is 11. The summed E-state index contributed by atoms with van der Waals surface area (Å²) in [6.07, 6.45) is 0. The molecule has 0 amide bonds. The number of para-hydroxylation sites is 5. The van der Waals surface area contributed by atoms with E-state index >= 15 is 0 Å². The van der Waals surface area contributed by atoms with E-state index in [0.717, 1.165) is 98.3 Å². The van der Waals surface area contributed by atoms with Gasteiger partial charge in [-0.25, -0.2) is 0 Å². The van der Waals surface area contributed by atoms with Crippen LogP contribution in [0.25, 0.3) is 199 Å². The third-order valence-electron chi connectivity index (χ3n) is 25.8. The van der Waals surface area contributed by atoms with Gasteiger partial charge in [-0.15, -0.1) is 0 Å². The summed E-state index contributed by atoms with van der Waals surface area (Å²) >= 11 is 9.27. The molecule has 0 atom stereocenters. The molecular formula is C120H87B2Br2IN2O7. The molecule has 14 heteroatoms. The molecule has 1 saturated heterocycles. The topological polar surface area (TPSA) is 108 Å². The average molecular weight is 1980 g/mol. The third-order valence-corrected chi connectivity index (χ3v) is 28.8. The molecule has 0 radical (unpaired) electrons. The normalized spacial score (nSPS) is 12.7. The third kappa shape index (κ3) is 17.0. The molecule has 24 aromatic rings. The van der Waals surface area contributed by atoms with Crippen molar-refractivity contribution in [3.05, 3.63) is 455 Å². The van der Waals surface area contributed by atoms with Crippen molar-refractivity contribution in [1.29, 1.82) is 0 Å². The molecule has 0 unspecified atom stereocenters. The van der Waals surface area contributed by atoms with Crippen LogP contribution in [-0.2, 0) is 9.31 Å². The molecule has 0 aliphatic carbocycles. The SMILES string of the molecule is Brc1ccccc1-c1ccc2c(c1)oc1ccccc12.Brc1ccccc1I.CC1(C)OB(c2ccccc2-n2c3ccc(-c4ccccc4)cc3c3cc(-c4ccccc4)ccc32)OC1(C)C.OB(O)c1ccc2c(c1)oc1ccccc12.c1ccc(-c2ccc3c(c2)c2cc(-c4ccccc4)ccc2n3-c2ccccc2-c2ccccc2-c2ccc3c(c2)oc2ccccc23)cc1. The van der Waals surface area contributed by atoms with Gasteiger partial charge >= 0.3 is 14.2 Å². The molecule has 0 saturated carbocycles. The lowest BCUT2D eigenvalue weighted by Gasteiger charge is -2.32. The Kier molecular flexibility index (Phi) is 24.0. The van der Waals surface area contributed by atoms with Gasteiger partial charge in [0.15, 0.2) is 0 Å². The van der Waals surface area contributed by atoms with E-state index in [0.29, 0.717) is 11.0 Å². The van der Waals surface area contributed by atoms with Gasteiger partial charge in [0, 0.05) is 83.1 Å². The first-order valence-corrected chi connectivity index (χ1v) is 47.4. The Hall–Kier alpha value is -14.2. The first kappa shape index (κ1) is 86.5. The maximum absolute atomic E-state index is 9.07. The molecule has 134 heavy (non-hydrogen) atoms. The van der Waals surface area contributed by atoms with Gasteiger partial charge in [-0.05, 0) is 271 Å². The maximum Gasteiger partial charge on any atom is 0.496 e. The Labute approximate surface area is 807 Å². The molecule has 0 spiro atoms. The number of hydrogen-bond acceptors (Lipinski definition) is 7. The first-order chi connectivity index (χ1) is 65.5. The molecule has 0 bridgehead atoms. The van der Waals surface area contributed by atoms with Gasteiger partial charge in [-0.3, -0.25) is 0 Å². The van der Waals surface area contributed by atoms with E-state index in [2.05, 4.69) is 431 Å². The lowest BCUT2D eigenvalue weighted by Crippen LogP contribution is -2.41. The van der Waals surface area contributed by atoms with Gasteiger partial charge < -0.3 is 41.7 Å². The maximum atomic E-state index is 9.07. The van der Waals surface area contributed by atoms with Crippen LogP contribution in [0.15, 0.2) is 465 Å². The fourth-order valence-corrected chi connectivity index (χ4v) is 19.5. The van der Waals surface area contributed by atoms with Crippen LogP contribution in [0.5, 0.6) is 0 Å². The van der Waals surface area contributed by atoms with E-state index in [-0.39, 0.29) is 0 Å². The van der Waals surface area contributed by atoms with Gasteiger partial charge in [-0.2, -0.15) is 0 Å². The standard InChI is InChI=1S/C48H31NO.C36H32BNO2.C18H11BrO.C12H9BO3.C6H4BrI/c1-3-13-32(14-4-1)34-24-27-45-42(29-34)43-30-35(33-15-5-2-6-16-33)25-28-46(43)49(45)44-21-11-9-19-39(44)38-18-8-7-17-37(38)36-23-26-41-40-20-10-12-22-47(40)50-48(41)31-36;1-35(2)36(3,4)40-37(39-35)31-17-11-12-18-34(31)38-32-21-19-27(25-13-7-5-8-14-25)23-29(32)30-24-28(20-22-33(30)38)26-15-9-6-10-16-26;19-16-7-3-1-5-13(16)12-9-10-15-14-6-2-4-8-17(14)20-18(15)11-12;14-13(15)8-5-6-10-9-3-1-2-4-11(9)16-12(10)7-8;7-5-3-1-2-4-6(5)8/h1-31H;5-24H,1-4H3;1-11H;1-7,14-15H;1-4H. The van der Waals surface area contributed by atoms with E-state index in [9.17, 15) is 0 Å². The molecule has 6 heterocycles. The summed E-state index contributed by atoms with van der Waals surface area (Å²) in [7, 11) is -1.92. The Bertz CT molecular complexity index is 8270. The zero-order valence-corrected chi connectivity index (χ0v) is 79.1. The molecule has 9 nitrogen and oxygen atoms in total. The van der Waals surface area contributed by atoms with E-state index in [1.54, 1.807) is 12.1 Å². The van der Waals surface area contributed by atoms with E-state index < -0.39 is 25.4 Å². The minimum atomic E-state index is -1.46. The quantitative estimate of drug-likeness (QED) is 0.0981. The fourth-order valence-electron chi connectivity index (χ4n) is 18.4. The van der Waals surface area contributed by atoms with Crippen molar-refractivity contribution in [3.8, 4) is 89.3 Å². The van der Waals surface area contributed by atoms with Gasteiger partial charge in [-0.1, -0.05) is 331 Å². The van der Waals surface area contributed by atoms with E-state index in [4.69, 9.17) is 32.6 Å². The first-order valence-electron chi connectivity index (χ1n) is 44.8. The number of nitrogens with zero attached hydrogens (tertiary/aromatic N) is 2. The molecule has 5 aromatic heterocycles. The lowest BCUT2D eigenvalue weighted by molar-refractivity contribution is 0.00578. The van der Waals surface area contributed by atoms with E-state index in [1.165, 1.54) is 113 Å². The number of aromatic nitrogens is 2. The number of benzene rings is 19. The highest BCUT2D eigenvalue weighted by Gasteiger charge is 2.52. The zero-order valence-electron chi connectivity index (χ0n) is 73.8. The molecule has 1 aliphatic heterocycles. The van der Waals surface area contributed by atoms with Crippen molar-refractivity contribution in [2.24, 2.45) is 0 Å². The van der Waals surface area contributed by atoms with Crippen LogP contribution < -0.4 is 10.9 Å². The smallest absolute Gasteiger partial charge is 0.456 e.